The second-order valence-electron chi connectivity index (χ2n) is 7.82. The smallest absolute Gasteiger partial charge is 0.154 e. The number of aliphatic hydroxyl groups excluding tert-OH is 1. The number of aliphatic hydroxyl groups is 1. The number of hydrogen-bond acceptors (Lipinski definition) is 6. The fraction of sp³-hybridized carbons (Fsp3) is 0.250. The van der Waals surface area contributed by atoms with Crippen molar-refractivity contribution in [1.29, 1.82) is 0 Å². The molecule has 0 aliphatic heterocycles. The van der Waals surface area contributed by atoms with Gasteiger partial charge in [-0.15, -0.1) is 10.2 Å². The molecule has 0 bridgehead atoms. The van der Waals surface area contributed by atoms with Crippen LogP contribution in [0.4, 0.5) is 10.2 Å². The fourth-order valence-electron chi connectivity index (χ4n) is 3.64. The molecule has 3 aromatic heterocycles. The van der Waals surface area contributed by atoms with Crippen LogP contribution in [0.1, 0.15) is 35.5 Å². The van der Waals surface area contributed by atoms with Gasteiger partial charge in [-0.3, -0.25) is 0 Å². The zero-order valence-corrected chi connectivity index (χ0v) is 18.5. The number of imidazole rings is 1. The Morgan fingerprint density at radius 2 is 1.81 bits per heavy atom. The van der Waals surface area contributed by atoms with Crippen LogP contribution in [-0.2, 0) is 6.61 Å². The SMILES string of the molecule is Cc1cn(-c2ccc(-c3cc(C)c(N(C)[C@@H](C)c4ccc(F)cc4)nn3)nc2CO)cn1. The van der Waals surface area contributed by atoms with Crippen molar-refractivity contribution in [3.05, 3.63) is 83.3 Å². The van der Waals surface area contributed by atoms with Crippen LogP contribution in [0, 0.1) is 19.7 Å². The third-order valence-electron chi connectivity index (χ3n) is 5.58. The van der Waals surface area contributed by atoms with E-state index < -0.39 is 0 Å². The van der Waals surface area contributed by atoms with Crippen LogP contribution < -0.4 is 4.90 Å². The Morgan fingerprint density at radius 3 is 2.44 bits per heavy atom. The van der Waals surface area contributed by atoms with Crippen LogP contribution in [0.5, 0.6) is 0 Å². The summed E-state index contributed by atoms with van der Waals surface area (Å²) in [5.74, 6) is 0.478. The number of nitrogens with zero attached hydrogens (tertiary/aromatic N) is 6. The van der Waals surface area contributed by atoms with Crippen molar-refractivity contribution in [3.63, 3.8) is 0 Å². The second kappa shape index (κ2) is 8.84. The van der Waals surface area contributed by atoms with Gasteiger partial charge in [-0.05, 0) is 62.2 Å². The molecule has 1 aromatic carbocycles. The molecular formula is C24H25FN6O. The van der Waals surface area contributed by atoms with Crippen molar-refractivity contribution in [1.82, 2.24) is 24.7 Å². The Kier molecular flexibility index (Phi) is 5.96. The minimum absolute atomic E-state index is 0.00788. The second-order valence-corrected chi connectivity index (χ2v) is 7.82. The molecule has 0 spiro atoms. The lowest BCUT2D eigenvalue weighted by Gasteiger charge is -2.27. The first-order valence-electron chi connectivity index (χ1n) is 10.3. The van der Waals surface area contributed by atoms with Gasteiger partial charge < -0.3 is 14.6 Å². The van der Waals surface area contributed by atoms with E-state index in [4.69, 9.17) is 0 Å². The van der Waals surface area contributed by atoms with Gasteiger partial charge in [0.2, 0.25) is 0 Å². The Hall–Kier alpha value is -3.65. The van der Waals surface area contributed by atoms with Gasteiger partial charge in [-0.2, -0.15) is 0 Å². The maximum Gasteiger partial charge on any atom is 0.154 e. The van der Waals surface area contributed by atoms with Crippen LogP contribution >= 0.6 is 0 Å². The molecule has 1 N–H and O–H groups in total. The average molecular weight is 433 g/mol. The number of aromatic nitrogens is 5. The highest BCUT2D eigenvalue weighted by atomic mass is 19.1. The average Bonchev–Trinajstić information content (AvgIpc) is 3.24. The summed E-state index contributed by atoms with van der Waals surface area (Å²) in [6.07, 6.45) is 3.58. The lowest BCUT2D eigenvalue weighted by molar-refractivity contribution is 0.276. The first-order chi connectivity index (χ1) is 15.4. The van der Waals surface area contributed by atoms with Crippen molar-refractivity contribution in [2.24, 2.45) is 0 Å². The lowest BCUT2D eigenvalue weighted by atomic mass is 10.1. The molecule has 0 saturated heterocycles. The molecule has 7 nitrogen and oxygen atoms in total. The molecule has 4 rings (SSSR count). The predicted molar refractivity (Wildman–Crippen MR) is 121 cm³/mol. The quantitative estimate of drug-likeness (QED) is 0.493. The van der Waals surface area contributed by atoms with Crippen LogP contribution in [0.25, 0.3) is 17.1 Å². The molecule has 0 unspecified atom stereocenters. The summed E-state index contributed by atoms with van der Waals surface area (Å²) in [5.41, 5.74) is 5.36. The Labute approximate surface area is 186 Å². The normalized spacial score (nSPS) is 12.1. The van der Waals surface area contributed by atoms with Crippen LogP contribution in [-0.4, -0.2) is 36.9 Å². The van der Waals surface area contributed by atoms with Gasteiger partial charge in [0.1, 0.15) is 11.5 Å². The van der Waals surface area contributed by atoms with Crippen LogP contribution in [0.3, 0.4) is 0 Å². The van der Waals surface area contributed by atoms with E-state index in [9.17, 15) is 9.50 Å². The van der Waals surface area contributed by atoms with Gasteiger partial charge in [0.05, 0.1) is 41.7 Å². The Balaban J connectivity index is 1.62. The molecule has 8 heteroatoms. The maximum atomic E-state index is 13.3. The van der Waals surface area contributed by atoms with E-state index in [1.54, 1.807) is 18.5 Å². The monoisotopic (exact) mass is 432 g/mol. The summed E-state index contributed by atoms with van der Waals surface area (Å²) in [4.78, 5) is 10.8. The summed E-state index contributed by atoms with van der Waals surface area (Å²) in [5, 5.41) is 18.7. The first-order valence-corrected chi connectivity index (χ1v) is 10.3. The van der Waals surface area contributed by atoms with Gasteiger partial charge >= 0.3 is 0 Å². The van der Waals surface area contributed by atoms with Gasteiger partial charge in [-0.25, -0.2) is 14.4 Å². The topological polar surface area (TPSA) is 80.0 Å². The van der Waals surface area contributed by atoms with E-state index in [2.05, 4.69) is 20.2 Å². The third-order valence-corrected chi connectivity index (χ3v) is 5.58. The number of pyridine rings is 1. The summed E-state index contributed by atoms with van der Waals surface area (Å²) in [6.45, 7) is 5.71. The summed E-state index contributed by atoms with van der Waals surface area (Å²) in [7, 11) is 1.94. The summed E-state index contributed by atoms with van der Waals surface area (Å²) < 4.78 is 15.1. The maximum absolute atomic E-state index is 13.3. The molecular weight excluding hydrogens is 407 g/mol. The highest BCUT2D eigenvalue weighted by Crippen LogP contribution is 2.28. The zero-order valence-electron chi connectivity index (χ0n) is 18.5. The first kappa shape index (κ1) is 21.6. The molecule has 0 radical (unpaired) electrons. The predicted octanol–water partition coefficient (Wildman–Crippen LogP) is 4.17. The van der Waals surface area contributed by atoms with Crippen LogP contribution in [0.2, 0.25) is 0 Å². The van der Waals surface area contributed by atoms with Crippen molar-refractivity contribution in [2.75, 3.05) is 11.9 Å². The highest BCUT2D eigenvalue weighted by molar-refractivity contribution is 5.60. The molecule has 0 saturated carbocycles. The van der Waals surface area contributed by atoms with E-state index in [-0.39, 0.29) is 18.5 Å². The van der Waals surface area contributed by atoms with E-state index >= 15 is 0 Å². The molecule has 32 heavy (non-hydrogen) atoms. The van der Waals surface area contributed by atoms with E-state index in [0.29, 0.717) is 17.1 Å². The molecule has 3 heterocycles. The van der Waals surface area contributed by atoms with Crippen molar-refractivity contribution >= 4 is 5.82 Å². The number of anilines is 1. The van der Waals surface area contributed by atoms with Gasteiger partial charge in [0.15, 0.2) is 5.82 Å². The molecule has 0 fully saturated rings. The molecule has 0 amide bonds. The van der Waals surface area contributed by atoms with E-state index in [0.717, 1.165) is 28.3 Å². The summed E-state index contributed by atoms with van der Waals surface area (Å²) in [6, 6.07) is 12.1. The van der Waals surface area contributed by atoms with Gasteiger partial charge in [0.25, 0.3) is 0 Å². The minimum atomic E-state index is -0.257. The number of aryl methyl sites for hydroxylation is 2. The fourth-order valence-corrected chi connectivity index (χ4v) is 3.64. The Morgan fingerprint density at radius 1 is 1.06 bits per heavy atom. The largest absolute Gasteiger partial charge is 0.390 e. The van der Waals surface area contributed by atoms with Gasteiger partial charge in [0, 0.05) is 13.2 Å². The van der Waals surface area contributed by atoms with Crippen LogP contribution in [0.15, 0.2) is 55.0 Å². The third kappa shape index (κ3) is 4.22. The molecule has 164 valence electrons. The van der Waals surface area contributed by atoms with Crippen molar-refractivity contribution < 1.29 is 9.50 Å². The lowest BCUT2D eigenvalue weighted by Crippen LogP contribution is -2.24. The Bertz CT molecular complexity index is 1240. The number of rotatable bonds is 6. The molecule has 1 atom stereocenters. The van der Waals surface area contributed by atoms with E-state index in [1.165, 1.54) is 12.1 Å². The molecule has 0 aliphatic rings. The number of benzene rings is 1. The molecule has 0 aliphatic carbocycles. The number of halogens is 1. The number of hydrogen-bond donors (Lipinski definition) is 1. The standard InChI is InChI=1S/C24H25FN6O/c1-15-11-21(20-9-10-23(22(13-32)27-20)31-12-16(2)26-14-31)28-29-24(15)30(4)17(3)18-5-7-19(25)8-6-18/h5-12,14,17,32H,13H2,1-4H3/t17-/m0/s1. The van der Waals surface area contributed by atoms with Gasteiger partial charge in [-0.1, -0.05) is 12.1 Å². The zero-order chi connectivity index (χ0) is 22.8. The van der Waals surface area contributed by atoms with E-state index in [1.807, 2.05) is 61.7 Å². The molecule has 4 aromatic rings. The highest BCUT2D eigenvalue weighted by Gasteiger charge is 2.18. The summed E-state index contributed by atoms with van der Waals surface area (Å²) >= 11 is 0. The van der Waals surface area contributed by atoms with Crippen molar-refractivity contribution in [2.45, 2.75) is 33.4 Å². The minimum Gasteiger partial charge on any atom is -0.390 e. The van der Waals surface area contributed by atoms with Crippen molar-refractivity contribution in [3.8, 4) is 17.1 Å².